The molecule has 0 aliphatic heterocycles. The number of hydrogen-bond donors (Lipinski definition) is 0. The van der Waals surface area contributed by atoms with Gasteiger partial charge in [-0.1, -0.05) is 56.3 Å². The van der Waals surface area contributed by atoms with Gasteiger partial charge in [-0.15, -0.1) is 0 Å². The van der Waals surface area contributed by atoms with Crippen LogP contribution >= 0.6 is 0 Å². The van der Waals surface area contributed by atoms with Crippen molar-refractivity contribution in [3.63, 3.8) is 0 Å². The molecule has 1 aliphatic carbocycles. The lowest BCUT2D eigenvalue weighted by Gasteiger charge is -2.24. The number of pyridine rings is 2. The summed E-state index contributed by atoms with van der Waals surface area (Å²) in [6.07, 6.45) is 7.73. The molecule has 7 aromatic rings. The summed E-state index contributed by atoms with van der Waals surface area (Å²) in [5.74, 6) is 0. The van der Waals surface area contributed by atoms with Crippen molar-refractivity contribution in [1.29, 1.82) is 0 Å². The van der Waals surface area contributed by atoms with Crippen molar-refractivity contribution in [2.45, 2.75) is 19.3 Å². The second kappa shape index (κ2) is 6.00. The number of hydrogen-bond acceptors (Lipinski definition) is 2. The average molecular weight is 436 g/mol. The third kappa shape index (κ3) is 2.04. The quantitative estimate of drug-likeness (QED) is 0.266. The smallest absolute Gasteiger partial charge is 0.0725 e. The summed E-state index contributed by atoms with van der Waals surface area (Å²) >= 11 is 0. The molecule has 4 heterocycles. The molecule has 3 heteroatoms. The van der Waals surface area contributed by atoms with E-state index in [1.807, 2.05) is 24.8 Å². The zero-order valence-electron chi connectivity index (χ0n) is 19.0. The molecule has 1 aliphatic rings. The fourth-order valence-electron chi connectivity index (χ4n) is 6.48. The van der Waals surface area contributed by atoms with Crippen LogP contribution in [-0.4, -0.2) is 14.4 Å². The van der Waals surface area contributed by atoms with Crippen LogP contribution in [0.1, 0.15) is 25.0 Å². The predicted molar refractivity (Wildman–Crippen MR) is 140 cm³/mol. The second-order valence-electron chi connectivity index (χ2n) is 9.94. The van der Waals surface area contributed by atoms with Crippen molar-refractivity contribution in [2.24, 2.45) is 0 Å². The van der Waals surface area contributed by atoms with Crippen LogP contribution in [0.15, 0.2) is 91.5 Å². The Hall–Kier alpha value is -4.24. The van der Waals surface area contributed by atoms with Crippen LogP contribution in [0, 0.1) is 0 Å². The van der Waals surface area contributed by atoms with Crippen molar-refractivity contribution in [3.05, 3.63) is 103 Å². The summed E-state index contributed by atoms with van der Waals surface area (Å²) in [6, 6.07) is 24.7. The number of rotatable bonds is 1. The summed E-state index contributed by atoms with van der Waals surface area (Å²) in [7, 11) is 0. The number of nitrogens with zero attached hydrogens (tertiary/aromatic N) is 3. The summed E-state index contributed by atoms with van der Waals surface area (Å²) in [4.78, 5) is 8.88. The topological polar surface area (TPSA) is 30.2 Å². The molecular weight excluding hydrogens is 414 g/mol. The summed E-state index contributed by atoms with van der Waals surface area (Å²) in [6.45, 7) is 4.72. The third-order valence-corrected chi connectivity index (χ3v) is 7.89. The Morgan fingerprint density at radius 2 is 1.26 bits per heavy atom. The van der Waals surface area contributed by atoms with Gasteiger partial charge in [-0.05, 0) is 57.6 Å². The average Bonchev–Trinajstić information content (AvgIpc) is 3.47. The van der Waals surface area contributed by atoms with Crippen molar-refractivity contribution >= 4 is 38.1 Å². The van der Waals surface area contributed by atoms with Gasteiger partial charge < -0.3 is 4.40 Å². The largest absolute Gasteiger partial charge is 0.305 e. The molecule has 0 fully saturated rings. The summed E-state index contributed by atoms with van der Waals surface area (Å²) < 4.78 is 2.33. The van der Waals surface area contributed by atoms with Gasteiger partial charge in [-0.3, -0.25) is 9.97 Å². The van der Waals surface area contributed by atoms with E-state index < -0.39 is 0 Å². The normalized spacial score (nSPS) is 14.4. The molecule has 0 atom stereocenters. The van der Waals surface area contributed by atoms with Gasteiger partial charge >= 0.3 is 0 Å². The molecule has 0 unspecified atom stereocenters. The maximum Gasteiger partial charge on any atom is 0.0725 e. The van der Waals surface area contributed by atoms with Crippen LogP contribution in [-0.2, 0) is 5.41 Å². The molecule has 0 saturated heterocycles. The number of fused-ring (bicyclic) bond motifs is 9. The van der Waals surface area contributed by atoms with Gasteiger partial charge in [0, 0.05) is 39.4 Å². The minimum atomic E-state index is -0.0580. The standard InChI is InChI=1S/C31H21N3/c1-31(2)26-9-4-3-6-20(26)23-8-5-7-19(29(23)31)18-14-24-21-10-12-32-16-27(21)34-28-17-33-13-11-22(28)25(15-18)30(24)34/h3-17H,1-2H3. The monoisotopic (exact) mass is 435 g/mol. The van der Waals surface area contributed by atoms with E-state index in [2.05, 4.69) is 94.9 Å². The fourth-order valence-corrected chi connectivity index (χ4v) is 6.48. The van der Waals surface area contributed by atoms with Crippen molar-refractivity contribution in [2.75, 3.05) is 0 Å². The Balaban J connectivity index is 1.54. The van der Waals surface area contributed by atoms with Crippen LogP contribution < -0.4 is 0 Å². The van der Waals surface area contributed by atoms with E-state index in [1.54, 1.807) is 0 Å². The van der Waals surface area contributed by atoms with Crippen molar-refractivity contribution in [1.82, 2.24) is 14.4 Å². The Bertz CT molecular complexity index is 1860. The molecule has 0 spiro atoms. The van der Waals surface area contributed by atoms with Gasteiger partial charge in [-0.25, -0.2) is 0 Å². The molecule has 34 heavy (non-hydrogen) atoms. The van der Waals surface area contributed by atoms with E-state index in [0.717, 1.165) is 11.0 Å². The van der Waals surface area contributed by atoms with E-state index in [4.69, 9.17) is 0 Å². The van der Waals surface area contributed by atoms with E-state index in [9.17, 15) is 0 Å². The molecule has 0 bridgehead atoms. The Morgan fingerprint density at radius 3 is 1.97 bits per heavy atom. The molecular formula is C31H21N3. The second-order valence-corrected chi connectivity index (χ2v) is 9.94. The first-order chi connectivity index (χ1) is 16.6. The molecule has 3 nitrogen and oxygen atoms in total. The lowest BCUT2D eigenvalue weighted by Crippen LogP contribution is -2.16. The minimum Gasteiger partial charge on any atom is -0.305 e. The van der Waals surface area contributed by atoms with E-state index in [1.165, 1.54) is 60.4 Å². The first-order valence-corrected chi connectivity index (χ1v) is 11.8. The number of aromatic nitrogens is 3. The van der Waals surface area contributed by atoms with Gasteiger partial charge in [0.25, 0.3) is 0 Å². The molecule has 4 aromatic heterocycles. The Kier molecular flexibility index (Phi) is 3.22. The van der Waals surface area contributed by atoms with Crippen LogP contribution in [0.3, 0.4) is 0 Å². The van der Waals surface area contributed by atoms with E-state index in [0.29, 0.717) is 0 Å². The van der Waals surface area contributed by atoms with Gasteiger partial charge in [0.15, 0.2) is 0 Å². The van der Waals surface area contributed by atoms with Crippen LogP contribution in [0.2, 0.25) is 0 Å². The van der Waals surface area contributed by atoms with E-state index in [-0.39, 0.29) is 5.41 Å². The lowest BCUT2D eigenvalue weighted by atomic mass is 9.78. The molecule has 3 aromatic carbocycles. The van der Waals surface area contributed by atoms with Crippen molar-refractivity contribution in [3.8, 4) is 22.3 Å². The molecule has 0 radical (unpaired) electrons. The minimum absolute atomic E-state index is 0.0580. The predicted octanol–water partition coefficient (Wildman–Crippen LogP) is 7.60. The number of benzene rings is 3. The SMILES string of the molecule is CC1(C)c2ccccc2-c2cccc(-c3cc4c5ccncc5n5c6cnccc6c(c3)c45)c21. The van der Waals surface area contributed by atoms with Gasteiger partial charge in [-0.2, -0.15) is 0 Å². The molecule has 0 amide bonds. The molecule has 0 N–H and O–H groups in total. The van der Waals surface area contributed by atoms with Gasteiger partial charge in [0.05, 0.1) is 28.9 Å². The summed E-state index contributed by atoms with van der Waals surface area (Å²) in [5, 5.41) is 5.01. The maximum atomic E-state index is 4.44. The zero-order chi connectivity index (χ0) is 22.6. The highest BCUT2D eigenvalue weighted by atomic mass is 14.9. The highest BCUT2D eigenvalue weighted by Gasteiger charge is 2.37. The van der Waals surface area contributed by atoms with Crippen LogP contribution in [0.25, 0.3) is 60.3 Å². The molecule has 0 saturated carbocycles. The van der Waals surface area contributed by atoms with E-state index >= 15 is 0 Å². The highest BCUT2D eigenvalue weighted by molar-refractivity contribution is 6.24. The highest BCUT2D eigenvalue weighted by Crippen LogP contribution is 2.52. The first kappa shape index (κ1) is 18.2. The first-order valence-electron chi connectivity index (χ1n) is 11.8. The Labute approximate surface area is 196 Å². The fraction of sp³-hybridized carbons (Fsp3) is 0.0968. The maximum absolute atomic E-state index is 4.44. The zero-order valence-corrected chi connectivity index (χ0v) is 19.0. The lowest BCUT2D eigenvalue weighted by molar-refractivity contribution is 0.662. The van der Waals surface area contributed by atoms with Gasteiger partial charge in [0.1, 0.15) is 0 Å². The Morgan fingerprint density at radius 1 is 0.647 bits per heavy atom. The third-order valence-electron chi connectivity index (χ3n) is 7.89. The van der Waals surface area contributed by atoms with Crippen LogP contribution in [0.4, 0.5) is 0 Å². The molecule has 160 valence electrons. The van der Waals surface area contributed by atoms with Crippen molar-refractivity contribution < 1.29 is 0 Å². The molecule has 8 rings (SSSR count). The van der Waals surface area contributed by atoms with Gasteiger partial charge in [0.2, 0.25) is 0 Å². The van der Waals surface area contributed by atoms with Crippen LogP contribution in [0.5, 0.6) is 0 Å². The summed E-state index contributed by atoms with van der Waals surface area (Å²) in [5.41, 5.74) is 11.6.